The molecule has 0 amide bonds. The summed E-state index contributed by atoms with van der Waals surface area (Å²) in [4.78, 5) is 2.53. The third-order valence-electron chi connectivity index (χ3n) is 3.21. The van der Waals surface area contributed by atoms with Crippen molar-refractivity contribution in [1.82, 2.24) is 4.90 Å². The minimum Gasteiger partial charge on any atom is -0.299 e. The molecule has 0 radical (unpaired) electrons. The smallest absolute Gasteiger partial charge is 0.0408 e. The molecule has 1 saturated heterocycles. The Kier molecular flexibility index (Phi) is 3.32. The number of benzene rings is 1. The van der Waals surface area contributed by atoms with Gasteiger partial charge < -0.3 is 0 Å². The first-order chi connectivity index (χ1) is 7.15. The fourth-order valence-electron chi connectivity index (χ4n) is 2.25. The van der Waals surface area contributed by atoms with Gasteiger partial charge in [0.2, 0.25) is 0 Å². The number of halogens is 1. The molecule has 1 atom stereocenters. The van der Waals surface area contributed by atoms with Crippen LogP contribution in [0.3, 0.4) is 0 Å². The number of likely N-dealkylation sites (tertiary alicyclic amines) is 1. The average Bonchev–Trinajstić information content (AvgIpc) is 2.56. The summed E-state index contributed by atoms with van der Waals surface area (Å²) in [7, 11) is 0. The van der Waals surface area contributed by atoms with E-state index in [2.05, 4.69) is 30.9 Å². The van der Waals surface area contributed by atoms with Gasteiger partial charge in [0.05, 0.1) is 0 Å². The van der Waals surface area contributed by atoms with Crippen LogP contribution in [0.4, 0.5) is 0 Å². The highest BCUT2D eigenvalue weighted by molar-refractivity contribution is 6.30. The van der Waals surface area contributed by atoms with E-state index >= 15 is 0 Å². The van der Waals surface area contributed by atoms with Gasteiger partial charge in [-0.05, 0) is 49.1 Å². The van der Waals surface area contributed by atoms with Crippen molar-refractivity contribution in [2.45, 2.75) is 26.8 Å². The first kappa shape index (κ1) is 11.0. The lowest BCUT2D eigenvalue weighted by molar-refractivity contribution is 0.319. The van der Waals surface area contributed by atoms with E-state index < -0.39 is 0 Å². The van der Waals surface area contributed by atoms with Crippen LogP contribution in [-0.4, -0.2) is 18.0 Å². The molecule has 1 heterocycles. The molecule has 15 heavy (non-hydrogen) atoms. The Morgan fingerprint density at radius 3 is 2.87 bits per heavy atom. The van der Waals surface area contributed by atoms with E-state index in [-0.39, 0.29) is 0 Å². The summed E-state index contributed by atoms with van der Waals surface area (Å²) < 4.78 is 0. The molecular formula is C13H18ClN. The molecule has 0 bridgehead atoms. The van der Waals surface area contributed by atoms with E-state index in [0.717, 1.165) is 17.5 Å². The molecule has 0 N–H and O–H groups in total. The van der Waals surface area contributed by atoms with Gasteiger partial charge >= 0.3 is 0 Å². The number of aryl methyl sites for hydroxylation is 1. The molecule has 0 spiro atoms. The Balaban J connectivity index is 2.04. The molecule has 0 unspecified atom stereocenters. The maximum atomic E-state index is 5.94. The van der Waals surface area contributed by atoms with Crippen molar-refractivity contribution in [2.75, 3.05) is 13.1 Å². The van der Waals surface area contributed by atoms with E-state index in [4.69, 9.17) is 11.6 Å². The summed E-state index contributed by atoms with van der Waals surface area (Å²) in [6.07, 6.45) is 1.34. The topological polar surface area (TPSA) is 3.24 Å². The van der Waals surface area contributed by atoms with Gasteiger partial charge in [-0.1, -0.05) is 24.6 Å². The second-order valence-electron chi connectivity index (χ2n) is 4.70. The SMILES string of the molecule is Cc1cc(Cl)ccc1CN1CC[C@@H](C)C1. The van der Waals surface area contributed by atoms with Crippen molar-refractivity contribution in [3.63, 3.8) is 0 Å². The lowest BCUT2D eigenvalue weighted by Crippen LogP contribution is -2.20. The van der Waals surface area contributed by atoms with Crippen LogP contribution >= 0.6 is 11.6 Å². The summed E-state index contributed by atoms with van der Waals surface area (Å²) >= 11 is 5.94. The van der Waals surface area contributed by atoms with Gasteiger partial charge in [-0.15, -0.1) is 0 Å². The van der Waals surface area contributed by atoms with Crippen LogP contribution in [0, 0.1) is 12.8 Å². The number of hydrogen-bond acceptors (Lipinski definition) is 1. The average molecular weight is 224 g/mol. The molecule has 1 fully saturated rings. The zero-order chi connectivity index (χ0) is 10.8. The lowest BCUT2D eigenvalue weighted by atomic mass is 10.1. The lowest BCUT2D eigenvalue weighted by Gasteiger charge is -2.16. The molecule has 2 heteroatoms. The third kappa shape index (κ3) is 2.73. The number of hydrogen-bond donors (Lipinski definition) is 0. The second kappa shape index (κ2) is 4.54. The highest BCUT2D eigenvalue weighted by atomic mass is 35.5. The zero-order valence-corrected chi connectivity index (χ0v) is 10.2. The van der Waals surface area contributed by atoms with Gasteiger partial charge in [-0.3, -0.25) is 4.90 Å². The van der Waals surface area contributed by atoms with Crippen molar-refractivity contribution < 1.29 is 0 Å². The Bertz CT molecular complexity index is 348. The second-order valence-corrected chi connectivity index (χ2v) is 5.14. The highest BCUT2D eigenvalue weighted by Gasteiger charge is 2.18. The number of nitrogens with zero attached hydrogens (tertiary/aromatic N) is 1. The Hall–Kier alpha value is -0.530. The minimum absolute atomic E-state index is 0.839. The highest BCUT2D eigenvalue weighted by Crippen LogP contribution is 2.21. The molecule has 1 aromatic carbocycles. The first-order valence-electron chi connectivity index (χ1n) is 5.62. The molecule has 0 aliphatic carbocycles. The van der Waals surface area contributed by atoms with Crippen molar-refractivity contribution >= 4 is 11.6 Å². The predicted molar refractivity (Wildman–Crippen MR) is 65.2 cm³/mol. The largest absolute Gasteiger partial charge is 0.299 e. The van der Waals surface area contributed by atoms with Crippen LogP contribution in [0.15, 0.2) is 18.2 Å². The predicted octanol–water partition coefficient (Wildman–Crippen LogP) is 3.49. The zero-order valence-electron chi connectivity index (χ0n) is 9.46. The Morgan fingerprint density at radius 2 is 2.27 bits per heavy atom. The summed E-state index contributed by atoms with van der Waals surface area (Å²) in [6, 6.07) is 6.19. The number of rotatable bonds is 2. The van der Waals surface area contributed by atoms with Crippen molar-refractivity contribution in [3.05, 3.63) is 34.3 Å². The van der Waals surface area contributed by atoms with Crippen LogP contribution in [0.25, 0.3) is 0 Å². The molecular weight excluding hydrogens is 206 g/mol. The van der Waals surface area contributed by atoms with Gasteiger partial charge in [0.15, 0.2) is 0 Å². The molecule has 1 nitrogen and oxygen atoms in total. The van der Waals surface area contributed by atoms with E-state index in [1.807, 2.05) is 6.07 Å². The molecule has 82 valence electrons. The van der Waals surface area contributed by atoms with Gasteiger partial charge in [0.25, 0.3) is 0 Å². The first-order valence-corrected chi connectivity index (χ1v) is 6.00. The minimum atomic E-state index is 0.839. The Morgan fingerprint density at radius 1 is 1.47 bits per heavy atom. The summed E-state index contributed by atoms with van der Waals surface area (Å²) in [6.45, 7) is 8.02. The molecule has 1 aliphatic rings. The maximum Gasteiger partial charge on any atom is 0.0408 e. The molecule has 1 aromatic rings. The maximum absolute atomic E-state index is 5.94. The van der Waals surface area contributed by atoms with E-state index in [9.17, 15) is 0 Å². The fourth-order valence-corrected chi connectivity index (χ4v) is 2.47. The molecule has 0 saturated carbocycles. The van der Waals surface area contributed by atoms with Gasteiger partial charge in [-0.25, -0.2) is 0 Å². The van der Waals surface area contributed by atoms with Gasteiger partial charge in [0.1, 0.15) is 0 Å². The molecule has 2 rings (SSSR count). The van der Waals surface area contributed by atoms with Crippen LogP contribution in [0.1, 0.15) is 24.5 Å². The van der Waals surface area contributed by atoms with Crippen molar-refractivity contribution in [1.29, 1.82) is 0 Å². The van der Waals surface area contributed by atoms with Crippen molar-refractivity contribution in [2.24, 2.45) is 5.92 Å². The third-order valence-corrected chi connectivity index (χ3v) is 3.44. The quantitative estimate of drug-likeness (QED) is 0.742. The van der Waals surface area contributed by atoms with E-state index in [1.165, 1.54) is 30.6 Å². The van der Waals surface area contributed by atoms with E-state index in [0.29, 0.717) is 0 Å². The monoisotopic (exact) mass is 223 g/mol. The molecule has 0 aromatic heterocycles. The van der Waals surface area contributed by atoms with Crippen LogP contribution in [-0.2, 0) is 6.54 Å². The standard InChI is InChI=1S/C13H18ClN/c1-10-5-6-15(8-10)9-12-3-4-13(14)7-11(12)2/h3-4,7,10H,5-6,8-9H2,1-2H3/t10-/m1/s1. The van der Waals surface area contributed by atoms with Crippen LogP contribution in [0.5, 0.6) is 0 Å². The summed E-state index contributed by atoms with van der Waals surface area (Å²) in [5.41, 5.74) is 2.72. The van der Waals surface area contributed by atoms with Crippen molar-refractivity contribution in [3.8, 4) is 0 Å². The Labute approximate surface area is 97.0 Å². The van der Waals surface area contributed by atoms with Crippen LogP contribution in [0.2, 0.25) is 5.02 Å². The van der Waals surface area contributed by atoms with Gasteiger partial charge in [-0.2, -0.15) is 0 Å². The fraction of sp³-hybridized carbons (Fsp3) is 0.538. The summed E-state index contributed by atoms with van der Waals surface area (Å²) in [5, 5.41) is 0.839. The molecule has 1 aliphatic heterocycles. The van der Waals surface area contributed by atoms with Gasteiger partial charge in [0, 0.05) is 18.1 Å². The summed E-state index contributed by atoms with van der Waals surface area (Å²) in [5.74, 6) is 0.859. The normalized spacial score (nSPS) is 22.2. The van der Waals surface area contributed by atoms with E-state index in [1.54, 1.807) is 0 Å². The van der Waals surface area contributed by atoms with Crippen LogP contribution < -0.4 is 0 Å².